The van der Waals surface area contributed by atoms with E-state index in [0.717, 1.165) is 6.07 Å². The molecule has 0 fully saturated rings. The third-order valence-corrected chi connectivity index (χ3v) is 1.05. The summed E-state index contributed by atoms with van der Waals surface area (Å²) in [5, 5.41) is 8.31. The summed E-state index contributed by atoms with van der Waals surface area (Å²) in [5.41, 5.74) is 5.77. The molecule has 0 unspecified atom stereocenters. The van der Waals surface area contributed by atoms with Crippen molar-refractivity contribution in [2.24, 2.45) is 0 Å². The number of nitrogen functional groups attached to an aromatic ring is 1. The first-order valence-corrected chi connectivity index (χ1v) is 2.68. The number of nitrogens with zero attached hydrogens (tertiary/aromatic N) is 1. The van der Waals surface area contributed by atoms with Gasteiger partial charge in [0.25, 0.3) is 0 Å². The van der Waals surface area contributed by atoms with Crippen LogP contribution >= 0.6 is 0 Å². The first-order chi connectivity index (χ1) is 4.72. The van der Waals surface area contributed by atoms with Gasteiger partial charge >= 0.3 is 0 Å². The van der Waals surface area contributed by atoms with Crippen LogP contribution in [0.25, 0.3) is 0 Å². The molecule has 0 spiro atoms. The van der Waals surface area contributed by atoms with Crippen molar-refractivity contribution in [2.45, 2.75) is 0 Å². The Morgan fingerprint density at radius 1 is 1.40 bits per heavy atom. The summed E-state index contributed by atoms with van der Waals surface area (Å²) in [6.45, 7) is 0. The average Bonchev–Trinajstić information content (AvgIpc) is 1.85. The van der Waals surface area contributed by atoms with Crippen molar-refractivity contribution in [3.05, 3.63) is 29.6 Å². The topological polar surface area (TPSA) is 49.8 Å². The number of anilines is 1. The van der Waals surface area contributed by atoms with Crippen molar-refractivity contribution >= 4 is 5.69 Å². The standard InChI is InChI=1S/C7H5FN2/c8-6-1-5(4-9)2-7(10)3-6/h1-3H,10H2. The molecular formula is C7H5FN2. The predicted octanol–water partition coefficient (Wildman–Crippen LogP) is 1.28. The van der Waals surface area contributed by atoms with Crippen molar-refractivity contribution in [2.75, 3.05) is 5.73 Å². The third-order valence-electron chi connectivity index (χ3n) is 1.05. The lowest BCUT2D eigenvalue weighted by Gasteiger charge is -1.92. The smallest absolute Gasteiger partial charge is 0.126 e. The zero-order chi connectivity index (χ0) is 7.56. The maximum atomic E-state index is 12.4. The lowest BCUT2D eigenvalue weighted by molar-refractivity contribution is 0.628. The zero-order valence-corrected chi connectivity index (χ0v) is 5.13. The summed E-state index contributed by atoms with van der Waals surface area (Å²) >= 11 is 0. The van der Waals surface area contributed by atoms with Crippen LogP contribution in [0.5, 0.6) is 0 Å². The van der Waals surface area contributed by atoms with Crippen LogP contribution in [0.15, 0.2) is 18.2 Å². The molecular weight excluding hydrogens is 131 g/mol. The fourth-order valence-corrected chi connectivity index (χ4v) is 0.677. The summed E-state index contributed by atoms with van der Waals surface area (Å²) in [7, 11) is 0. The molecule has 0 heterocycles. The summed E-state index contributed by atoms with van der Waals surface area (Å²) in [6, 6.07) is 5.51. The first kappa shape index (κ1) is 6.56. The molecule has 1 aromatic carbocycles. The molecule has 0 radical (unpaired) electrons. The molecule has 0 aliphatic rings. The molecule has 0 saturated heterocycles. The van der Waals surface area contributed by atoms with Crippen LogP contribution in [0.1, 0.15) is 5.56 Å². The van der Waals surface area contributed by atoms with E-state index in [1.54, 1.807) is 6.07 Å². The summed E-state index contributed by atoms with van der Waals surface area (Å²) in [5.74, 6) is -0.475. The molecule has 1 aromatic rings. The highest BCUT2D eigenvalue weighted by molar-refractivity contribution is 5.45. The second kappa shape index (κ2) is 2.36. The molecule has 0 saturated carbocycles. The highest BCUT2D eigenvalue weighted by Gasteiger charge is 1.95. The number of halogens is 1. The maximum Gasteiger partial charge on any atom is 0.126 e. The molecule has 2 N–H and O–H groups in total. The van der Waals surface area contributed by atoms with Crippen LogP contribution in [0, 0.1) is 17.1 Å². The molecule has 3 heteroatoms. The van der Waals surface area contributed by atoms with E-state index in [1.165, 1.54) is 12.1 Å². The van der Waals surface area contributed by atoms with E-state index < -0.39 is 5.82 Å². The maximum absolute atomic E-state index is 12.4. The van der Waals surface area contributed by atoms with Gasteiger partial charge in [0.15, 0.2) is 0 Å². The highest BCUT2D eigenvalue weighted by atomic mass is 19.1. The van der Waals surface area contributed by atoms with Crippen molar-refractivity contribution < 1.29 is 4.39 Å². The van der Waals surface area contributed by atoms with E-state index in [9.17, 15) is 4.39 Å². The largest absolute Gasteiger partial charge is 0.399 e. The van der Waals surface area contributed by atoms with Gasteiger partial charge in [-0.05, 0) is 18.2 Å². The summed E-state index contributed by atoms with van der Waals surface area (Å²) in [6.07, 6.45) is 0. The van der Waals surface area contributed by atoms with Gasteiger partial charge in [-0.2, -0.15) is 5.26 Å². The number of hydrogen-bond donors (Lipinski definition) is 1. The Kier molecular flexibility index (Phi) is 1.55. The fraction of sp³-hybridized carbons (Fsp3) is 0. The van der Waals surface area contributed by atoms with Gasteiger partial charge in [0, 0.05) is 5.69 Å². The molecule has 50 valence electrons. The molecule has 10 heavy (non-hydrogen) atoms. The minimum atomic E-state index is -0.475. The van der Waals surface area contributed by atoms with Gasteiger partial charge in [0.05, 0.1) is 11.6 Å². The highest BCUT2D eigenvalue weighted by Crippen LogP contribution is 2.08. The van der Waals surface area contributed by atoms with Crippen LogP contribution in [0.2, 0.25) is 0 Å². The van der Waals surface area contributed by atoms with Crippen LogP contribution < -0.4 is 5.73 Å². The van der Waals surface area contributed by atoms with Gasteiger partial charge in [0.2, 0.25) is 0 Å². The van der Waals surface area contributed by atoms with Crippen LogP contribution in [-0.2, 0) is 0 Å². The van der Waals surface area contributed by atoms with Crippen molar-refractivity contribution in [3.63, 3.8) is 0 Å². The van der Waals surface area contributed by atoms with Crippen molar-refractivity contribution in [1.29, 1.82) is 5.26 Å². The van der Waals surface area contributed by atoms with E-state index in [2.05, 4.69) is 0 Å². The zero-order valence-electron chi connectivity index (χ0n) is 5.13. The Balaban J connectivity index is 3.22. The number of hydrogen-bond acceptors (Lipinski definition) is 2. The fourth-order valence-electron chi connectivity index (χ4n) is 0.677. The number of nitrogens with two attached hydrogens (primary N) is 1. The first-order valence-electron chi connectivity index (χ1n) is 2.68. The molecule has 2 nitrogen and oxygen atoms in total. The number of rotatable bonds is 0. The van der Waals surface area contributed by atoms with Gasteiger partial charge < -0.3 is 5.73 Å². The molecule has 0 amide bonds. The van der Waals surface area contributed by atoms with E-state index >= 15 is 0 Å². The molecule has 0 atom stereocenters. The van der Waals surface area contributed by atoms with Gasteiger partial charge in [0.1, 0.15) is 5.82 Å². The SMILES string of the molecule is N#Cc1cc(N)cc(F)c1. The Hall–Kier alpha value is -1.56. The van der Waals surface area contributed by atoms with Gasteiger partial charge in [-0.1, -0.05) is 0 Å². The lowest BCUT2D eigenvalue weighted by Crippen LogP contribution is -1.87. The van der Waals surface area contributed by atoms with Gasteiger partial charge in [-0.15, -0.1) is 0 Å². The summed E-state index contributed by atoms with van der Waals surface area (Å²) in [4.78, 5) is 0. The third kappa shape index (κ3) is 1.23. The second-order valence-electron chi connectivity index (χ2n) is 1.89. The number of nitriles is 1. The Bertz CT molecular complexity index is 268. The lowest BCUT2D eigenvalue weighted by atomic mass is 10.2. The van der Waals surface area contributed by atoms with Crippen LogP contribution in [0.3, 0.4) is 0 Å². The van der Waals surface area contributed by atoms with E-state index in [-0.39, 0.29) is 11.3 Å². The van der Waals surface area contributed by atoms with Crippen LogP contribution in [0.4, 0.5) is 10.1 Å². The molecule has 0 aliphatic carbocycles. The quantitative estimate of drug-likeness (QED) is 0.546. The Morgan fingerprint density at radius 2 is 2.10 bits per heavy atom. The normalized spacial score (nSPS) is 8.80. The van der Waals surface area contributed by atoms with E-state index in [1.807, 2.05) is 0 Å². The van der Waals surface area contributed by atoms with E-state index in [0.29, 0.717) is 0 Å². The molecule has 0 aromatic heterocycles. The monoisotopic (exact) mass is 136 g/mol. The average molecular weight is 136 g/mol. The predicted molar refractivity (Wildman–Crippen MR) is 35.5 cm³/mol. The van der Waals surface area contributed by atoms with Crippen LogP contribution in [-0.4, -0.2) is 0 Å². The Morgan fingerprint density at radius 3 is 2.60 bits per heavy atom. The summed E-state index contributed by atoms with van der Waals surface area (Å²) < 4.78 is 12.4. The molecule has 0 bridgehead atoms. The van der Waals surface area contributed by atoms with E-state index in [4.69, 9.17) is 11.0 Å². The van der Waals surface area contributed by atoms with Crippen molar-refractivity contribution in [1.82, 2.24) is 0 Å². The second-order valence-corrected chi connectivity index (χ2v) is 1.89. The minimum Gasteiger partial charge on any atom is -0.399 e. The Labute approximate surface area is 57.7 Å². The molecule has 0 aliphatic heterocycles. The van der Waals surface area contributed by atoms with Crippen molar-refractivity contribution in [3.8, 4) is 6.07 Å². The van der Waals surface area contributed by atoms with Gasteiger partial charge in [-0.3, -0.25) is 0 Å². The number of benzene rings is 1. The molecule has 1 rings (SSSR count). The minimum absolute atomic E-state index is 0.248. The van der Waals surface area contributed by atoms with Gasteiger partial charge in [-0.25, -0.2) is 4.39 Å².